The molecule has 0 fully saturated rings. The number of hydrogen-bond acceptors (Lipinski definition) is 5. The fraction of sp³-hybridized carbons (Fsp3) is 0.643. The van der Waals surface area contributed by atoms with Crippen LogP contribution in [0, 0.1) is 0 Å². The molecule has 1 aromatic rings. The number of hydrogen-bond donors (Lipinski definition) is 3. The predicted octanol–water partition coefficient (Wildman–Crippen LogP) is 0.225. The van der Waals surface area contributed by atoms with Crippen molar-refractivity contribution in [2.24, 2.45) is 0 Å². The van der Waals surface area contributed by atoms with Crippen molar-refractivity contribution >= 4 is 0 Å². The highest BCUT2D eigenvalue weighted by atomic mass is 16.3. The second kappa shape index (κ2) is 6.39. The molecule has 0 atom stereocenters. The number of aromatic hydroxyl groups is 1. The lowest BCUT2D eigenvalue weighted by Gasteiger charge is -2.32. The number of pyridine rings is 1. The summed E-state index contributed by atoms with van der Waals surface area (Å²) in [5, 5.41) is 28.5. The highest BCUT2D eigenvalue weighted by molar-refractivity contribution is 5.31. The molecule has 0 aliphatic carbocycles. The van der Waals surface area contributed by atoms with Crippen molar-refractivity contribution in [1.82, 2.24) is 9.47 Å². The molecule has 114 valence electrons. The zero-order chi connectivity index (χ0) is 15.5. The van der Waals surface area contributed by atoms with Gasteiger partial charge in [0.2, 0.25) is 5.43 Å². The van der Waals surface area contributed by atoms with E-state index in [-0.39, 0.29) is 19.0 Å². The van der Waals surface area contributed by atoms with Gasteiger partial charge in [-0.25, -0.2) is 0 Å². The number of likely N-dealkylation sites (N-methyl/N-ethyl adjacent to an activating group) is 1. The van der Waals surface area contributed by atoms with Crippen LogP contribution in [0.3, 0.4) is 0 Å². The molecule has 0 saturated heterocycles. The highest BCUT2D eigenvalue weighted by Crippen LogP contribution is 2.25. The molecule has 0 bridgehead atoms. The first-order valence-electron chi connectivity index (χ1n) is 6.60. The van der Waals surface area contributed by atoms with E-state index in [1.54, 1.807) is 16.5 Å². The van der Waals surface area contributed by atoms with E-state index in [1.807, 2.05) is 20.8 Å². The minimum Gasteiger partial charge on any atom is -0.503 e. The molecule has 0 unspecified atom stereocenters. The molecule has 0 aromatic carbocycles. The molecule has 0 radical (unpaired) electrons. The zero-order valence-electron chi connectivity index (χ0n) is 12.6. The fourth-order valence-corrected chi connectivity index (χ4v) is 2.31. The van der Waals surface area contributed by atoms with Crippen molar-refractivity contribution in [3.05, 3.63) is 27.7 Å². The number of nitrogens with zero attached hydrogens (tertiary/aromatic N) is 2. The van der Waals surface area contributed by atoms with E-state index in [4.69, 9.17) is 5.11 Å². The molecule has 6 heteroatoms. The maximum Gasteiger partial charge on any atom is 0.223 e. The molecular formula is C14H24N2O4. The Bertz CT molecular complexity index is 517. The summed E-state index contributed by atoms with van der Waals surface area (Å²) in [6.07, 6.45) is 0. The van der Waals surface area contributed by atoms with Crippen LogP contribution in [0.2, 0.25) is 0 Å². The van der Waals surface area contributed by atoms with Gasteiger partial charge in [-0.15, -0.1) is 0 Å². The van der Waals surface area contributed by atoms with Gasteiger partial charge in [-0.1, -0.05) is 0 Å². The van der Waals surface area contributed by atoms with E-state index >= 15 is 0 Å². The quantitative estimate of drug-likeness (QED) is 0.720. The van der Waals surface area contributed by atoms with Gasteiger partial charge in [0.1, 0.15) is 0 Å². The van der Waals surface area contributed by atoms with Crippen molar-refractivity contribution in [3.63, 3.8) is 0 Å². The molecule has 1 heterocycles. The molecular weight excluding hydrogens is 260 g/mol. The minimum absolute atomic E-state index is 0.00327. The van der Waals surface area contributed by atoms with Crippen LogP contribution < -0.4 is 5.43 Å². The Labute approximate surface area is 118 Å². The third-order valence-corrected chi connectivity index (χ3v) is 3.10. The predicted molar refractivity (Wildman–Crippen MR) is 76.7 cm³/mol. The second-order valence-corrected chi connectivity index (χ2v) is 5.92. The summed E-state index contributed by atoms with van der Waals surface area (Å²) in [5.41, 5.74) is 0.0261. The van der Waals surface area contributed by atoms with E-state index in [1.165, 1.54) is 6.07 Å². The molecule has 0 amide bonds. The molecule has 0 aliphatic heterocycles. The van der Waals surface area contributed by atoms with E-state index in [0.29, 0.717) is 24.5 Å². The third-order valence-electron chi connectivity index (χ3n) is 3.10. The van der Waals surface area contributed by atoms with Crippen LogP contribution >= 0.6 is 0 Å². The van der Waals surface area contributed by atoms with Gasteiger partial charge in [0.05, 0.1) is 18.9 Å². The van der Waals surface area contributed by atoms with Crippen molar-refractivity contribution in [3.8, 4) is 5.75 Å². The number of aliphatic hydroxyl groups excluding tert-OH is 2. The van der Waals surface area contributed by atoms with Gasteiger partial charge in [-0.2, -0.15) is 0 Å². The van der Waals surface area contributed by atoms with E-state index < -0.39 is 11.0 Å². The molecule has 0 spiro atoms. The summed E-state index contributed by atoms with van der Waals surface area (Å²) in [6, 6.07) is 1.26. The normalized spacial score (nSPS) is 12.2. The Kier molecular flexibility index (Phi) is 5.33. The summed E-state index contributed by atoms with van der Waals surface area (Å²) in [7, 11) is 1.79. The summed E-state index contributed by atoms with van der Waals surface area (Å²) in [5.74, 6) is -0.304. The van der Waals surface area contributed by atoms with E-state index in [2.05, 4.69) is 0 Å². The first kappa shape index (κ1) is 16.7. The van der Waals surface area contributed by atoms with Crippen LogP contribution in [0.15, 0.2) is 10.9 Å². The van der Waals surface area contributed by atoms with Gasteiger partial charge in [0.25, 0.3) is 0 Å². The second-order valence-electron chi connectivity index (χ2n) is 5.92. The summed E-state index contributed by atoms with van der Waals surface area (Å²) in [6.45, 7) is 6.27. The molecule has 20 heavy (non-hydrogen) atoms. The smallest absolute Gasteiger partial charge is 0.223 e. The van der Waals surface area contributed by atoms with Crippen molar-refractivity contribution in [2.45, 2.75) is 39.5 Å². The van der Waals surface area contributed by atoms with E-state index in [9.17, 15) is 15.0 Å². The highest BCUT2D eigenvalue weighted by Gasteiger charge is 2.23. The van der Waals surface area contributed by atoms with Gasteiger partial charge in [-0.3, -0.25) is 9.69 Å². The van der Waals surface area contributed by atoms with Gasteiger partial charge >= 0.3 is 0 Å². The largest absolute Gasteiger partial charge is 0.503 e. The zero-order valence-corrected chi connectivity index (χ0v) is 12.6. The molecule has 0 aliphatic rings. The van der Waals surface area contributed by atoms with Crippen LogP contribution in [-0.4, -0.2) is 45.0 Å². The van der Waals surface area contributed by atoms with Gasteiger partial charge in [-0.05, 0) is 27.8 Å². The average Bonchev–Trinajstić information content (AvgIpc) is 2.33. The standard InChI is InChI=1S/C14H24N2O4/c1-14(2,3)16-10(9-18)7-12(19)13(20)11(16)8-15(4)5-6-17/h7,17-18,20H,5-6,8-9H2,1-4H3. The minimum atomic E-state index is -0.498. The number of aliphatic hydroxyl groups is 2. The van der Waals surface area contributed by atoms with Crippen LogP contribution in [0.1, 0.15) is 32.2 Å². The van der Waals surface area contributed by atoms with Crippen LogP contribution in [-0.2, 0) is 18.7 Å². The van der Waals surface area contributed by atoms with Crippen LogP contribution in [0.4, 0.5) is 0 Å². The molecule has 3 N–H and O–H groups in total. The monoisotopic (exact) mass is 284 g/mol. The summed E-state index contributed by atoms with van der Waals surface area (Å²) in [4.78, 5) is 13.6. The van der Waals surface area contributed by atoms with Crippen molar-refractivity contribution in [1.29, 1.82) is 0 Å². The molecule has 6 nitrogen and oxygen atoms in total. The Morgan fingerprint density at radius 1 is 1.30 bits per heavy atom. The SMILES string of the molecule is CN(CCO)Cc1c(O)c(=O)cc(CO)n1C(C)(C)C. The maximum absolute atomic E-state index is 11.8. The summed E-state index contributed by atoms with van der Waals surface area (Å²) >= 11 is 0. The topological polar surface area (TPSA) is 85.9 Å². The van der Waals surface area contributed by atoms with Crippen LogP contribution in [0.25, 0.3) is 0 Å². The third kappa shape index (κ3) is 3.59. The molecule has 0 saturated carbocycles. The number of rotatable bonds is 5. The van der Waals surface area contributed by atoms with E-state index in [0.717, 1.165) is 0 Å². The maximum atomic E-state index is 11.8. The Morgan fingerprint density at radius 3 is 2.35 bits per heavy atom. The van der Waals surface area contributed by atoms with Crippen molar-refractivity contribution in [2.75, 3.05) is 20.2 Å². The Balaban J connectivity index is 3.45. The Hall–Kier alpha value is -1.37. The van der Waals surface area contributed by atoms with Gasteiger partial charge in [0, 0.05) is 30.4 Å². The van der Waals surface area contributed by atoms with Crippen LogP contribution in [0.5, 0.6) is 5.75 Å². The first-order chi connectivity index (χ1) is 9.22. The summed E-state index contributed by atoms with van der Waals surface area (Å²) < 4.78 is 1.78. The lowest BCUT2D eigenvalue weighted by Crippen LogP contribution is -2.33. The molecule has 1 aromatic heterocycles. The molecule has 1 rings (SSSR count). The average molecular weight is 284 g/mol. The Morgan fingerprint density at radius 2 is 1.90 bits per heavy atom. The fourth-order valence-electron chi connectivity index (χ4n) is 2.31. The van der Waals surface area contributed by atoms with Gasteiger partial charge < -0.3 is 19.9 Å². The lowest BCUT2D eigenvalue weighted by atomic mass is 10.0. The first-order valence-corrected chi connectivity index (χ1v) is 6.60. The number of aromatic nitrogens is 1. The lowest BCUT2D eigenvalue weighted by molar-refractivity contribution is 0.203. The van der Waals surface area contributed by atoms with Crippen molar-refractivity contribution < 1.29 is 15.3 Å². The van der Waals surface area contributed by atoms with Gasteiger partial charge in [0.15, 0.2) is 5.75 Å².